The molecule has 22 heavy (non-hydrogen) atoms. The Morgan fingerprint density at radius 1 is 1.23 bits per heavy atom. The van der Waals surface area contributed by atoms with Crippen LogP contribution in [0.15, 0.2) is 30.6 Å². The van der Waals surface area contributed by atoms with Crippen LogP contribution in [0, 0.1) is 0 Å². The number of nitrogens with zero attached hydrogens (tertiary/aromatic N) is 1. The van der Waals surface area contributed by atoms with Crippen LogP contribution in [0.3, 0.4) is 0 Å². The lowest BCUT2D eigenvalue weighted by atomic mass is 10.0. The molecule has 0 saturated heterocycles. The van der Waals surface area contributed by atoms with Crippen LogP contribution >= 0.6 is 23.2 Å². The highest BCUT2D eigenvalue weighted by Gasteiger charge is 2.12. The Balaban J connectivity index is 2.29. The van der Waals surface area contributed by atoms with Gasteiger partial charge in [0.05, 0.1) is 22.6 Å². The molecule has 0 aliphatic rings. The van der Waals surface area contributed by atoms with Crippen LogP contribution in [0.4, 0.5) is 11.4 Å². The van der Waals surface area contributed by atoms with Gasteiger partial charge in [0, 0.05) is 28.4 Å². The molecule has 118 valence electrons. The number of aromatic nitrogens is 1. The molecule has 1 unspecified atom stereocenters. The number of benzene rings is 1. The number of rotatable bonds is 6. The van der Waals surface area contributed by atoms with Gasteiger partial charge in [0.1, 0.15) is 0 Å². The third kappa shape index (κ3) is 4.05. The van der Waals surface area contributed by atoms with Gasteiger partial charge in [-0.3, -0.25) is 4.98 Å². The number of nitrogens with one attached hydrogen (secondary N) is 1. The van der Waals surface area contributed by atoms with Gasteiger partial charge >= 0.3 is 0 Å². The molecule has 0 bridgehead atoms. The second-order valence-electron chi connectivity index (χ2n) is 5.46. The van der Waals surface area contributed by atoms with Gasteiger partial charge in [0.2, 0.25) is 0 Å². The summed E-state index contributed by atoms with van der Waals surface area (Å²) < 4.78 is 0. The summed E-state index contributed by atoms with van der Waals surface area (Å²) >= 11 is 12.2. The van der Waals surface area contributed by atoms with Gasteiger partial charge in [0.25, 0.3) is 0 Å². The summed E-state index contributed by atoms with van der Waals surface area (Å²) in [7, 11) is 0. The molecular formula is C17H21Cl2N3. The van der Waals surface area contributed by atoms with Gasteiger partial charge in [-0.25, -0.2) is 0 Å². The Morgan fingerprint density at radius 2 is 2.00 bits per heavy atom. The Hall–Kier alpha value is -1.45. The predicted molar refractivity (Wildman–Crippen MR) is 96.7 cm³/mol. The number of hydrogen-bond acceptors (Lipinski definition) is 3. The zero-order valence-electron chi connectivity index (χ0n) is 12.9. The molecule has 2 aromatic rings. The highest BCUT2D eigenvalue weighted by atomic mass is 35.5. The van der Waals surface area contributed by atoms with Crippen LogP contribution in [0.1, 0.15) is 33.1 Å². The Kier molecular flexibility index (Phi) is 5.92. The molecule has 1 aromatic heterocycles. The first-order chi connectivity index (χ1) is 10.5. The highest BCUT2D eigenvalue weighted by Crippen LogP contribution is 2.36. The van der Waals surface area contributed by atoms with Crippen molar-refractivity contribution in [1.29, 1.82) is 0 Å². The summed E-state index contributed by atoms with van der Waals surface area (Å²) in [6, 6.07) is 5.72. The minimum absolute atomic E-state index is 0.347. The summed E-state index contributed by atoms with van der Waals surface area (Å²) in [5, 5.41) is 4.60. The fourth-order valence-corrected chi connectivity index (χ4v) is 2.87. The van der Waals surface area contributed by atoms with Crippen molar-refractivity contribution in [2.75, 3.05) is 11.1 Å². The van der Waals surface area contributed by atoms with E-state index in [1.54, 1.807) is 24.5 Å². The van der Waals surface area contributed by atoms with Crippen LogP contribution < -0.4 is 11.1 Å². The Bertz CT molecular complexity index is 644. The van der Waals surface area contributed by atoms with Crippen molar-refractivity contribution in [2.24, 2.45) is 0 Å². The zero-order valence-corrected chi connectivity index (χ0v) is 14.4. The number of halogens is 2. The lowest BCUT2D eigenvalue weighted by Crippen LogP contribution is -2.16. The fourth-order valence-electron chi connectivity index (χ4n) is 2.36. The molecule has 1 atom stereocenters. The van der Waals surface area contributed by atoms with Crippen LogP contribution in [0.2, 0.25) is 10.0 Å². The van der Waals surface area contributed by atoms with Crippen molar-refractivity contribution in [3.05, 3.63) is 40.6 Å². The zero-order chi connectivity index (χ0) is 16.1. The molecule has 3 nitrogen and oxygen atoms in total. The second kappa shape index (κ2) is 7.70. The van der Waals surface area contributed by atoms with Crippen LogP contribution in [-0.4, -0.2) is 11.0 Å². The van der Waals surface area contributed by atoms with Gasteiger partial charge in [-0.2, -0.15) is 0 Å². The molecular weight excluding hydrogens is 317 g/mol. The third-order valence-electron chi connectivity index (χ3n) is 3.60. The smallest absolute Gasteiger partial charge is 0.0768 e. The Morgan fingerprint density at radius 3 is 2.68 bits per heavy atom. The number of nitrogen functional groups attached to an aromatic ring is 1. The van der Waals surface area contributed by atoms with Crippen molar-refractivity contribution in [2.45, 2.75) is 39.2 Å². The summed E-state index contributed by atoms with van der Waals surface area (Å²) in [4.78, 5) is 4.28. The maximum Gasteiger partial charge on any atom is 0.0768 e. The minimum atomic E-state index is 0.347. The van der Waals surface area contributed by atoms with E-state index in [2.05, 4.69) is 24.1 Å². The van der Waals surface area contributed by atoms with E-state index in [1.165, 1.54) is 12.8 Å². The van der Waals surface area contributed by atoms with Crippen LogP contribution in [-0.2, 0) is 0 Å². The largest absolute Gasteiger partial charge is 0.396 e. The van der Waals surface area contributed by atoms with Crippen molar-refractivity contribution in [3.8, 4) is 11.1 Å². The molecule has 0 aliphatic carbocycles. The van der Waals surface area contributed by atoms with E-state index in [0.717, 1.165) is 23.2 Å². The van der Waals surface area contributed by atoms with Crippen molar-refractivity contribution in [1.82, 2.24) is 4.98 Å². The molecule has 3 N–H and O–H groups in total. The lowest BCUT2D eigenvalue weighted by Gasteiger charge is -2.18. The summed E-state index contributed by atoms with van der Waals surface area (Å²) in [6.07, 6.45) is 6.95. The molecule has 0 aliphatic heterocycles. The molecule has 0 saturated carbocycles. The maximum absolute atomic E-state index is 6.31. The standard InChI is InChI=1S/C17H21Cl2N3/c1-3-4-5-11(2)22-16-10-21-9-14(17(16)20)13-7-6-12(18)8-15(13)19/h6-11,22H,3-5H2,1-2H3,(H2,20,21). The molecule has 5 heteroatoms. The number of anilines is 2. The highest BCUT2D eigenvalue weighted by molar-refractivity contribution is 6.36. The molecule has 0 spiro atoms. The first-order valence-electron chi connectivity index (χ1n) is 7.48. The van der Waals surface area contributed by atoms with Gasteiger partial charge in [-0.15, -0.1) is 0 Å². The van der Waals surface area contributed by atoms with Gasteiger partial charge < -0.3 is 11.1 Å². The number of pyridine rings is 1. The van der Waals surface area contributed by atoms with Gasteiger partial charge in [-0.05, 0) is 25.5 Å². The average Bonchev–Trinajstić information content (AvgIpc) is 2.48. The van der Waals surface area contributed by atoms with Gasteiger partial charge in [0.15, 0.2) is 0 Å². The van der Waals surface area contributed by atoms with E-state index in [4.69, 9.17) is 28.9 Å². The topological polar surface area (TPSA) is 50.9 Å². The first kappa shape index (κ1) is 16.9. The SMILES string of the molecule is CCCCC(C)Nc1cncc(-c2ccc(Cl)cc2Cl)c1N. The summed E-state index contributed by atoms with van der Waals surface area (Å²) in [5.74, 6) is 0. The third-order valence-corrected chi connectivity index (χ3v) is 4.15. The molecule has 1 aromatic carbocycles. The van der Waals surface area contributed by atoms with Crippen molar-refractivity contribution < 1.29 is 0 Å². The van der Waals surface area contributed by atoms with Crippen LogP contribution in [0.5, 0.6) is 0 Å². The molecule has 0 amide bonds. The van der Waals surface area contributed by atoms with E-state index < -0.39 is 0 Å². The van der Waals surface area contributed by atoms with Crippen molar-refractivity contribution in [3.63, 3.8) is 0 Å². The minimum Gasteiger partial charge on any atom is -0.396 e. The van der Waals surface area contributed by atoms with E-state index >= 15 is 0 Å². The number of nitrogens with two attached hydrogens (primary N) is 1. The second-order valence-corrected chi connectivity index (χ2v) is 6.30. The number of unbranched alkanes of at least 4 members (excludes halogenated alkanes) is 1. The average molecular weight is 338 g/mol. The molecule has 0 fully saturated rings. The van der Waals surface area contributed by atoms with Crippen molar-refractivity contribution >= 4 is 34.6 Å². The molecule has 0 radical (unpaired) electrons. The first-order valence-corrected chi connectivity index (χ1v) is 8.24. The normalized spacial score (nSPS) is 12.2. The molecule has 1 heterocycles. The summed E-state index contributed by atoms with van der Waals surface area (Å²) in [5.41, 5.74) is 9.45. The predicted octanol–water partition coefficient (Wildman–Crippen LogP) is 5.63. The summed E-state index contributed by atoms with van der Waals surface area (Å²) in [6.45, 7) is 4.34. The quantitative estimate of drug-likeness (QED) is 0.718. The van der Waals surface area contributed by atoms with Gasteiger partial charge in [-0.1, -0.05) is 49.0 Å². The van der Waals surface area contributed by atoms with E-state index in [0.29, 0.717) is 21.8 Å². The van der Waals surface area contributed by atoms with E-state index in [-0.39, 0.29) is 0 Å². The maximum atomic E-state index is 6.31. The fraction of sp³-hybridized carbons (Fsp3) is 0.353. The van der Waals surface area contributed by atoms with Crippen LogP contribution in [0.25, 0.3) is 11.1 Å². The Labute approximate surface area is 141 Å². The molecule has 2 rings (SSSR count). The monoisotopic (exact) mass is 337 g/mol. The van der Waals surface area contributed by atoms with E-state index in [9.17, 15) is 0 Å². The number of hydrogen-bond donors (Lipinski definition) is 2. The van der Waals surface area contributed by atoms with E-state index in [1.807, 2.05) is 6.07 Å². The lowest BCUT2D eigenvalue weighted by molar-refractivity contribution is 0.645.